The molecule has 0 spiro atoms. The van der Waals surface area contributed by atoms with Gasteiger partial charge in [0.15, 0.2) is 0 Å². The minimum Gasteiger partial charge on any atom is -0.335 e. The van der Waals surface area contributed by atoms with Crippen LogP contribution in [0.4, 0.5) is 0 Å². The Morgan fingerprint density at radius 3 is 1.46 bits per heavy atom. The van der Waals surface area contributed by atoms with Gasteiger partial charge in [-0.15, -0.1) is 0 Å². The van der Waals surface area contributed by atoms with Crippen molar-refractivity contribution in [2.24, 2.45) is 0 Å². The maximum Gasteiger partial charge on any atom is 0.318 e. The summed E-state index contributed by atoms with van der Waals surface area (Å²) in [6.07, 6.45) is -0.656. The molecule has 0 unspecified atom stereocenters. The Morgan fingerprint density at radius 2 is 1.31 bits per heavy atom. The van der Waals surface area contributed by atoms with Crippen LogP contribution >= 0.6 is 0 Å². The Bertz CT molecular complexity index is 221. The summed E-state index contributed by atoms with van der Waals surface area (Å²) in [5, 5.41) is 0. The standard InChI is InChI=1S/C7H16O5S/c1-5(2)11-7(12-6(3)4)13(8,9)10/h5-7H,1-4H3,(H,8,9,10). The molecule has 0 rings (SSSR count). The molecule has 0 aromatic rings. The van der Waals surface area contributed by atoms with E-state index in [1.54, 1.807) is 27.7 Å². The van der Waals surface area contributed by atoms with Gasteiger partial charge in [-0.1, -0.05) is 0 Å². The zero-order valence-corrected chi connectivity index (χ0v) is 9.04. The van der Waals surface area contributed by atoms with Gasteiger partial charge in [-0.2, -0.15) is 8.42 Å². The van der Waals surface area contributed by atoms with Crippen LogP contribution in [0.15, 0.2) is 0 Å². The molecule has 6 heteroatoms. The SMILES string of the molecule is CC(C)OC(OC(C)C)S(=O)(=O)O. The monoisotopic (exact) mass is 212 g/mol. The molecule has 0 aromatic heterocycles. The fourth-order valence-corrected chi connectivity index (χ4v) is 1.34. The summed E-state index contributed by atoms with van der Waals surface area (Å²) in [6.45, 7) is 6.62. The van der Waals surface area contributed by atoms with Gasteiger partial charge in [0.1, 0.15) is 0 Å². The van der Waals surface area contributed by atoms with Gasteiger partial charge in [0.05, 0.1) is 12.2 Å². The lowest BCUT2D eigenvalue weighted by molar-refractivity contribution is -0.134. The van der Waals surface area contributed by atoms with E-state index in [0.717, 1.165) is 0 Å². The van der Waals surface area contributed by atoms with Crippen LogP contribution in [0.25, 0.3) is 0 Å². The maximum atomic E-state index is 10.7. The maximum absolute atomic E-state index is 10.7. The van der Waals surface area contributed by atoms with Crippen molar-refractivity contribution in [2.45, 2.75) is 45.5 Å². The Hall–Kier alpha value is -0.170. The molecule has 0 aromatic carbocycles. The molecule has 0 aliphatic heterocycles. The average Bonchev–Trinajstić information content (AvgIpc) is 1.81. The van der Waals surface area contributed by atoms with Gasteiger partial charge in [0.25, 0.3) is 5.62 Å². The normalized spacial score (nSPS) is 13.2. The molecular weight excluding hydrogens is 196 g/mol. The number of ether oxygens (including phenoxy) is 2. The Labute approximate surface area is 78.8 Å². The largest absolute Gasteiger partial charge is 0.335 e. The van der Waals surface area contributed by atoms with E-state index in [0.29, 0.717) is 0 Å². The van der Waals surface area contributed by atoms with Crippen LogP contribution in [0.5, 0.6) is 0 Å². The molecule has 0 heterocycles. The van der Waals surface area contributed by atoms with Crippen molar-refractivity contribution in [3.8, 4) is 0 Å². The summed E-state index contributed by atoms with van der Waals surface area (Å²) in [5.74, 6) is 0. The van der Waals surface area contributed by atoms with Crippen molar-refractivity contribution in [3.05, 3.63) is 0 Å². The lowest BCUT2D eigenvalue weighted by atomic mass is 10.5. The molecule has 1 N–H and O–H groups in total. The summed E-state index contributed by atoms with van der Waals surface area (Å²) in [6, 6.07) is 0. The van der Waals surface area contributed by atoms with Crippen LogP contribution < -0.4 is 0 Å². The minimum atomic E-state index is -4.30. The highest BCUT2D eigenvalue weighted by Crippen LogP contribution is 2.09. The Balaban J connectivity index is 4.39. The van der Waals surface area contributed by atoms with E-state index >= 15 is 0 Å². The first kappa shape index (κ1) is 12.8. The molecule has 80 valence electrons. The second-order valence-corrected chi connectivity index (χ2v) is 4.59. The third-order valence-corrected chi connectivity index (χ3v) is 1.72. The molecule has 0 radical (unpaired) electrons. The zero-order chi connectivity index (χ0) is 10.6. The van der Waals surface area contributed by atoms with Crippen LogP contribution in [0, 0.1) is 0 Å². The first-order valence-electron chi connectivity index (χ1n) is 4.00. The van der Waals surface area contributed by atoms with Crippen molar-refractivity contribution >= 4 is 10.1 Å². The third-order valence-electron chi connectivity index (χ3n) is 1.01. The number of rotatable bonds is 5. The third kappa shape index (κ3) is 5.98. The first-order valence-corrected chi connectivity index (χ1v) is 5.51. The van der Waals surface area contributed by atoms with Crippen LogP contribution in [-0.2, 0) is 19.6 Å². The van der Waals surface area contributed by atoms with Gasteiger partial charge in [0, 0.05) is 0 Å². The highest BCUT2D eigenvalue weighted by atomic mass is 32.2. The van der Waals surface area contributed by atoms with Crippen LogP contribution in [0.3, 0.4) is 0 Å². The lowest BCUT2D eigenvalue weighted by Crippen LogP contribution is -2.32. The highest BCUT2D eigenvalue weighted by molar-refractivity contribution is 7.86. The van der Waals surface area contributed by atoms with E-state index in [9.17, 15) is 8.42 Å². The van der Waals surface area contributed by atoms with Crippen LogP contribution in [0.2, 0.25) is 0 Å². The van der Waals surface area contributed by atoms with Crippen molar-refractivity contribution in [2.75, 3.05) is 0 Å². The van der Waals surface area contributed by atoms with Gasteiger partial charge in [-0.25, -0.2) is 0 Å². The first-order chi connectivity index (χ1) is 5.73. The smallest absolute Gasteiger partial charge is 0.318 e. The number of hydrogen-bond acceptors (Lipinski definition) is 4. The fraction of sp³-hybridized carbons (Fsp3) is 1.00. The quantitative estimate of drug-likeness (QED) is 0.544. The molecular formula is C7H16O5S. The van der Waals surface area contributed by atoms with E-state index in [1.807, 2.05) is 0 Å². The predicted molar refractivity (Wildman–Crippen MR) is 47.8 cm³/mol. The van der Waals surface area contributed by atoms with E-state index in [1.165, 1.54) is 0 Å². The summed E-state index contributed by atoms with van der Waals surface area (Å²) in [4.78, 5) is 0. The number of hydrogen-bond donors (Lipinski definition) is 1. The Morgan fingerprint density at radius 1 is 1.00 bits per heavy atom. The van der Waals surface area contributed by atoms with Gasteiger partial charge >= 0.3 is 10.1 Å². The minimum absolute atomic E-state index is 0.328. The zero-order valence-electron chi connectivity index (χ0n) is 8.22. The summed E-state index contributed by atoms with van der Waals surface area (Å²) >= 11 is 0. The van der Waals surface area contributed by atoms with Crippen LogP contribution in [-0.4, -0.2) is 30.8 Å². The topological polar surface area (TPSA) is 72.8 Å². The molecule has 0 atom stereocenters. The summed E-state index contributed by atoms with van der Waals surface area (Å²) < 4.78 is 39.8. The highest BCUT2D eigenvalue weighted by Gasteiger charge is 2.26. The molecule has 0 bridgehead atoms. The lowest BCUT2D eigenvalue weighted by Gasteiger charge is -2.19. The van der Waals surface area contributed by atoms with Gasteiger partial charge < -0.3 is 9.47 Å². The van der Waals surface area contributed by atoms with E-state index in [-0.39, 0.29) is 12.2 Å². The predicted octanol–water partition coefficient (Wildman–Crippen LogP) is 1.01. The molecule has 0 fully saturated rings. The van der Waals surface area contributed by atoms with Crippen molar-refractivity contribution in [1.29, 1.82) is 0 Å². The summed E-state index contributed by atoms with van der Waals surface area (Å²) in [5.41, 5.74) is -1.59. The molecule has 13 heavy (non-hydrogen) atoms. The van der Waals surface area contributed by atoms with Crippen LogP contribution in [0.1, 0.15) is 27.7 Å². The average molecular weight is 212 g/mol. The van der Waals surface area contributed by atoms with E-state index in [2.05, 4.69) is 0 Å². The van der Waals surface area contributed by atoms with E-state index in [4.69, 9.17) is 14.0 Å². The summed E-state index contributed by atoms with van der Waals surface area (Å²) in [7, 11) is -4.30. The molecule has 0 aliphatic carbocycles. The van der Waals surface area contributed by atoms with Crippen molar-refractivity contribution < 1.29 is 22.4 Å². The Kier molecular flexibility index (Phi) is 4.83. The molecule has 0 amide bonds. The fourth-order valence-electron chi connectivity index (χ4n) is 0.617. The molecule has 0 saturated carbocycles. The van der Waals surface area contributed by atoms with E-state index < -0.39 is 15.7 Å². The van der Waals surface area contributed by atoms with Gasteiger partial charge in [-0.3, -0.25) is 4.55 Å². The second-order valence-electron chi connectivity index (χ2n) is 3.17. The molecule has 5 nitrogen and oxygen atoms in total. The molecule has 0 aliphatic rings. The van der Waals surface area contributed by atoms with Crippen molar-refractivity contribution in [3.63, 3.8) is 0 Å². The van der Waals surface area contributed by atoms with Crippen molar-refractivity contribution in [1.82, 2.24) is 0 Å². The van der Waals surface area contributed by atoms with Gasteiger partial charge in [0.2, 0.25) is 0 Å². The molecule has 0 saturated heterocycles. The second kappa shape index (κ2) is 4.90. The van der Waals surface area contributed by atoms with Gasteiger partial charge in [-0.05, 0) is 27.7 Å².